The van der Waals surface area contributed by atoms with E-state index in [1.807, 2.05) is 54.6 Å². The lowest BCUT2D eigenvalue weighted by atomic mass is 10.1. The predicted molar refractivity (Wildman–Crippen MR) is 115 cm³/mol. The second-order valence-electron chi connectivity index (χ2n) is 6.78. The number of rotatable bonds is 6. The minimum Gasteiger partial charge on any atom is -0.459 e. The third kappa shape index (κ3) is 4.36. The summed E-state index contributed by atoms with van der Waals surface area (Å²) in [6.07, 6.45) is 1.71. The van der Waals surface area contributed by atoms with Gasteiger partial charge < -0.3 is 10.1 Å². The zero-order valence-electron chi connectivity index (χ0n) is 16.2. The van der Waals surface area contributed by atoms with Gasteiger partial charge in [-0.15, -0.1) is 0 Å². The number of carbonyl (C=O) groups excluding carboxylic acids is 2. The number of hydrogen-bond donors (Lipinski definition) is 1. The number of ether oxygens (including phenoxy) is 1. The van der Waals surface area contributed by atoms with E-state index in [4.69, 9.17) is 4.74 Å². The summed E-state index contributed by atoms with van der Waals surface area (Å²) in [5.74, 6) is -0.869. The van der Waals surface area contributed by atoms with E-state index in [0.717, 1.165) is 16.5 Å². The monoisotopic (exact) mass is 396 g/mol. The molecule has 1 aromatic heterocycles. The molecule has 0 bridgehead atoms. The summed E-state index contributed by atoms with van der Waals surface area (Å²) in [5, 5.41) is 3.77. The molecule has 0 spiro atoms. The summed E-state index contributed by atoms with van der Waals surface area (Å²) in [6.45, 7) is 0.0672. The Bertz CT molecular complexity index is 1160. The molecule has 148 valence electrons. The minimum atomic E-state index is -0.915. The van der Waals surface area contributed by atoms with Crippen LogP contribution in [0.15, 0.2) is 97.2 Å². The van der Waals surface area contributed by atoms with Gasteiger partial charge in [0.05, 0.1) is 5.52 Å². The van der Waals surface area contributed by atoms with Crippen molar-refractivity contribution < 1.29 is 14.3 Å². The number of nitrogens with one attached hydrogen (secondary N) is 1. The number of fused-ring (bicyclic) bond motifs is 1. The second kappa shape index (κ2) is 9.01. The zero-order valence-corrected chi connectivity index (χ0v) is 16.2. The van der Waals surface area contributed by atoms with Gasteiger partial charge >= 0.3 is 5.97 Å². The maximum Gasteiger partial charge on any atom is 0.333 e. The van der Waals surface area contributed by atoms with Crippen molar-refractivity contribution in [1.82, 2.24) is 10.3 Å². The first-order valence-corrected chi connectivity index (χ1v) is 9.62. The largest absolute Gasteiger partial charge is 0.459 e. The Hall–Kier alpha value is -3.99. The molecule has 0 saturated carbocycles. The normalized spacial score (nSPS) is 11.6. The van der Waals surface area contributed by atoms with E-state index in [1.165, 1.54) is 0 Å². The topological polar surface area (TPSA) is 68.3 Å². The Morgan fingerprint density at radius 3 is 2.30 bits per heavy atom. The lowest BCUT2D eigenvalue weighted by Gasteiger charge is -2.18. The van der Waals surface area contributed by atoms with Crippen LogP contribution in [-0.4, -0.2) is 16.9 Å². The predicted octanol–water partition coefficient (Wildman–Crippen LogP) is 4.45. The summed E-state index contributed by atoms with van der Waals surface area (Å²) < 4.78 is 5.60. The molecule has 0 saturated heterocycles. The number of aromatic nitrogens is 1. The molecule has 0 aliphatic carbocycles. The maximum atomic E-state index is 13.0. The smallest absolute Gasteiger partial charge is 0.333 e. The quantitative estimate of drug-likeness (QED) is 0.489. The van der Waals surface area contributed by atoms with Gasteiger partial charge in [0.1, 0.15) is 6.61 Å². The van der Waals surface area contributed by atoms with Crippen LogP contribution >= 0.6 is 0 Å². The van der Waals surface area contributed by atoms with Gasteiger partial charge in [0.2, 0.25) is 0 Å². The summed E-state index contributed by atoms with van der Waals surface area (Å²) in [5.41, 5.74) is 2.73. The molecule has 3 aromatic carbocycles. The van der Waals surface area contributed by atoms with E-state index < -0.39 is 12.0 Å². The average molecular weight is 396 g/mol. The molecule has 1 atom stereocenters. The van der Waals surface area contributed by atoms with Crippen LogP contribution in [0.2, 0.25) is 0 Å². The number of carbonyl (C=O) groups is 2. The molecule has 0 aliphatic heterocycles. The second-order valence-corrected chi connectivity index (χ2v) is 6.78. The van der Waals surface area contributed by atoms with Crippen LogP contribution in [0.4, 0.5) is 0 Å². The first-order chi connectivity index (χ1) is 14.7. The van der Waals surface area contributed by atoms with Gasteiger partial charge in [-0.1, -0.05) is 72.8 Å². The van der Waals surface area contributed by atoms with Gasteiger partial charge in [0, 0.05) is 22.7 Å². The average Bonchev–Trinajstić information content (AvgIpc) is 2.82. The third-order valence-electron chi connectivity index (χ3n) is 4.77. The Labute approximate surface area is 174 Å². The molecule has 1 heterocycles. The first kappa shape index (κ1) is 19.3. The van der Waals surface area contributed by atoms with E-state index >= 15 is 0 Å². The van der Waals surface area contributed by atoms with Gasteiger partial charge in [-0.2, -0.15) is 0 Å². The SMILES string of the molecule is O=C(NC(C(=O)OCc1cccc2cccnc12)c1ccccc1)c1ccccc1. The highest BCUT2D eigenvalue weighted by Crippen LogP contribution is 2.20. The Morgan fingerprint density at radius 2 is 1.53 bits per heavy atom. The molecule has 1 unspecified atom stereocenters. The number of nitrogens with zero attached hydrogens (tertiary/aromatic N) is 1. The molecule has 0 radical (unpaired) electrons. The van der Waals surface area contributed by atoms with Crippen LogP contribution in [0.25, 0.3) is 10.9 Å². The number of esters is 1. The molecule has 1 amide bonds. The highest BCUT2D eigenvalue weighted by molar-refractivity contribution is 5.97. The Morgan fingerprint density at radius 1 is 0.833 bits per heavy atom. The zero-order chi connectivity index (χ0) is 20.8. The van der Waals surface area contributed by atoms with Crippen LogP contribution in [-0.2, 0) is 16.1 Å². The number of hydrogen-bond acceptors (Lipinski definition) is 4. The Kier molecular flexibility index (Phi) is 5.80. The van der Waals surface area contributed by atoms with Crippen molar-refractivity contribution in [2.24, 2.45) is 0 Å². The number of amides is 1. The van der Waals surface area contributed by atoms with E-state index in [2.05, 4.69) is 10.3 Å². The third-order valence-corrected chi connectivity index (χ3v) is 4.77. The fourth-order valence-corrected chi connectivity index (χ4v) is 3.24. The van der Waals surface area contributed by atoms with Crippen LogP contribution in [0, 0.1) is 0 Å². The molecule has 0 fully saturated rings. The van der Waals surface area contributed by atoms with Gasteiger partial charge in [-0.05, 0) is 23.8 Å². The summed E-state index contributed by atoms with van der Waals surface area (Å²) in [7, 11) is 0. The van der Waals surface area contributed by atoms with Crippen molar-refractivity contribution >= 4 is 22.8 Å². The van der Waals surface area contributed by atoms with Crippen molar-refractivity contribution in [1.29, 1.82) is 0 Å². The molecule has 4 rings (SSSR count). The molecule has 0 aliphatic rings. The number of pyridine rings is 1. The summed E-state index contributed by atoms with van der Waals surface area (Å²) in [4.78, 5) is 30.0. The number of benzene rings is 3. The van der Waals surface area contributed by atoms with Crippen molar-refractivity contribution in [3.05, 3.63) is 114 Å². The standard InChI is InChI=1S/C25H20N2O3/c28-24(20-11-5-2-6-12-20)27-23(19-9-3-1-4-10-19)25(29)30-17-21-14-7-13-18-15-8-16-26-22(18)21/h1-16,23H,17H2,(H,27,28). The number of para-hydroxylation sites is 1. The van der Waals surface area contributed by atoms with Crippen molar-refractivity contribution in [3.63, 3.8) is 0 Å². The van der Waals surface area contributed by atoms with Gasteiger partial charge in [0.25, 0.3) is 5.91 Å². The van der Waals surface area contributed by atoms with E-state index in [-0.39, 0.29) is 12.5 Å². The molecule has 30 heavy (non-hydrogen) atoms. The Balaban J connectivity index is 1.54. The lowest BCUT2D eigenvalue weighted by Crippen LogP contribution is -2.34. The van der Waals surface area contributed by atoms with E-state index in [1.54, 1.807) is 42.6 Å². The van der Waals surface area contributed by atoms with Crippen LogP contribution in [0.5, 0.6) is 0 Å². The van der Waals surface area contributed by atoms with Gasteiger partial charge in [-0.25, -0.2) is 4.79 Å². The summed E-state index contributed by atoms with van der Waals surface area (Å²) >= 11 is 0. The van der Waals surface area contributed by atoms with Crippen molar-refractivity contribution in [2.75, 3.05) is 0 Å². The van der Waals surface area contributed by atoms with Crippen LogP contribution in [0.1, 0.15) is 27.5 Å². The molecule has 5 nitrogen and oxygen atoms in total. The van der Waals surface area contributed by atoms with Crippen molar-refractivity contribution in [2.45, 2.75) is 12.6 Å². The van der Waals surface area contributed by atoms with Crippen molar-refractivity contribution in [3.8, 4) is 0 Å². The lowest BCUT2D eigenvalue weighted by molar-refractivity contribution is -0.147. The van der Waals surface area contributed by atoms with E-state index in [9.17, 15) is 9.59 Å². The van der Waals surface area contributed by atoms with Crippen LogP contribution in [0.3, 0.4) is 0 Å². The summed E-state index contributed by atoms with van der Waals surface area (Å²) in [6, 6.07) is 26.5. The highest BCUT2D eigenvalue weighted by Gasteiger charge is 2.25. The van der Waals surface area contributed by atoms with Gasteiger partial charge in [0.15, 0.2) is 6.04 Å². The fourth-order valence-electron chi connectivity index (χ4n) is 3.24. The molecule has 4 aromatic rings. The van der Waals surface area contributed by atoms with Gasteiger partial charge in [-0.3, -0.25) is 9.78 Å². The molecule has 1 N–H and O–H groups in total. The first-order valence-electron chi connectivity index (χ1n) is 9.62. The van der Waals surface area contributed by atoms with E-state index in [0.29, 0.717) is 11.1 Å². The molecule has 5 heteroatoms. The molecular weight excluding hydrogens is 376 g/mol. The highest BCUT2D eigenvalue weighted by atomic mass is 16.5. The molecular formula is C25H20N2O3. The van der Waals surface area contributed by atoms with Crippen LogP contribution < -0.4 is 5.32 Å². The fraction of sp³-hybridized carbons (Fsp3) is 0.0800. The minimum absolute atomic E-state index is 0.0672. The maximum absolute atomic E-state index is 13.0.